The second kappa shape index (κ2) is 8.35. The summed E-state index contributed by atoms with van der Waals surface area (Å²) in [6.07, 6.45) is 10.9. The SMILES string of the molecule is CC(C)C(=O)N(C)C1CCC(NC(=O)C2(C)CCCCCC2)CC1. The third kappa shape index (κ3) is 4.73. The van der Waals surface area contributed by atoms with E-state index in [4.69, 9.17) is 0 Å². The van der Waals surface area contributed by atoms with E-state index in [0.29, 0.717) is 6.04 Å². The van der Waals surface area contributed by atoms with Crippen LogP contribution in [0.15, 0.2) is 0 Å². The van der Waals surface area contributed by atoms with E-state index in [1.54, 1.807) is 0 Å². The first-order chi connectivity index (χ1) is 11.3. The topological polar surface area (TPSA) is 49.4 Å². The summed E-state index contributed by atoms with van der Waals surface area (Å²) in [5, 5.41) is 3.33. The largest absolute Gasteiger partial charge is 0.353 e. The van der Waals surface area contributed by atoms with Crippen LogP contribution < -0.4 is 5.32 Å². The number of rotatable bonds is 4. The number of carbonyl (C=O) groups is 2. The average Bonchev–Trinajstić information content (AvgIpc) is 2.79. The molecule has 2 aliphatic carbocycles. The fourth-order valence-corrected chi connectivity index (χ4v) is 4.29. The van der Waals surface area contributed by atoms with Crippen LogP contribution in [-0.4, -0.2) is 35.8 Å². The molecule has 1 N–H and O–H groups in total. The van der Waals surface area contributed by atoms with Crippen molar-refractivity contribution in [1.29, 1.82) is 0 Å². The summed E-state index contributed by atoms with van der Waals surface area (Å²) in [6.45, 7) is 6.06. The lowest BCUT2D eigenvalue weighted by atomic mass is 9.80. The molecule has 0 aliphatic heterocycles. The molecule has 0 unspecified atom stereocenters. The highest BCUT2D eigenvalue weighted by molar-refractivity contribution is 5.82. The van der Waals surface area contributed by atoms with Gasteiger partial charge in [0.1, 0.15) is 0 Å². The van der Waals surface area contributed by atoms with E-state index in [-0.39, 0.29) is 29.2 Å². The number of nitrogens with one attached hydrogen (secondary N) is 1. The zero-order chi connectivity index (χ0) is 17.7. The van der Waals surface area contributed by atoms with Crippen molar-refractivity contribution >= 4 is 11.8 Å². The highest BCUT2D eigenvalue weighted by Crippen LogP contribution is 2.35. The van der Waals surface area contributed by atoms with Crippen LogP contribution in [0, 0.1) is 11.3 Å². The summed E-state index contributed by atoms with van der Waals surface area (Å²) >= 11 is 0. The van der Waals surface area contributed by atoms with Crippen LogP contribution in [-0.2, 0) is 9.59 Å². The molecular weight excluding hydrogens is 300 g/mol. The van der Waals surface area contributed by atoms with Gasteiger partial charge in [-0.3, -0.25) is 9.59 Å². The fraction of sp³-hybridized carbons (Fsp3) is 0.900. The molecule has 2 fully saturated rings. The van der Waals surface area contributed by atoms with Gasteiger partial charge in [-0.2, -0.15) is 0 Å². The second-order valence-corrected chi connectivity index (χ2v) is 8.56. The molecule has 4 heteroatoms. The van der Waals surface area contributed by atoms with Crippen LogP contribution >= 0.6 is 0 Å². The van der Waals surface area contributed by atoms with E-state index in [1.165, 1.54) is 25.7 Å². The van der Waals surface area contributed by atoms with Gasteiger partial charge in [0.05, 0.1) is 0 Å². The maximum atomic E-state index is 12.8. The Morgan fingerprint density at radius 1 is 1.00 bits per heavy atom. The zero-order valence-corrected chi connectivity index (χ0v) is 16.1. The average molecular weight is 337 g/mol. The predicted molar refractivity (Wildman–Crippen MR) is 97.6 cm³/mol. The maximum absolute atomic E-state index is 12.8. The normalized spacial score (nSPS) is 27.4. The summed E-state index contributed by atoms with van der Waals surface area (Å²) in [4.78, 5) is 26.8. The number of hydrogen-bond acceptors (Lipinski definition) is 2. The Morgan fingerprint density at radius 2 is 1.54 bits per heavy atom. The van der Waals surface area contributed by atoms with Gasteiger partial charge in [-0.25, -0.2) is 0 Å². The molecule has 0 heterocycles. The minimum atomic E-state index is -0.169. The smallest absolute Gasteiger partial charge is 0.226 e. The van der Waals surface area contributed by atoms with Crippen molar-refractivity contribution in [3.63, 3.8) is 0 Å². The summed E-state index contributed by atoms with van der Waals surface area (Å²) in [5.74, 6) is 0.551. The number of carbonyl (C=O) groups excluding carboxylic acids is 2. The second-order valence-electron chi connectivity index (χ2n) is 8.56. The first kappa shape index (κ1) is 19.3. The van der Waals surface area contributed by atoms with Crippen LogP contribution in [0.5, 0.6) is 0 Å². The molecule has 138 valence electrons. The molecule has 0 radical (unpaired) electrons. The van der Waals surface area contributed by atoms with Gasteiger partial charge in [0.25, 0.3) is 0 Å². The molecule has 0 spiro atoms. The van der Waals surface area contributed by atoms with Crippen molar-refractivity contribution in [3.05, 3.63) is 0 Å². The highest BCUT2D eigenvalue weighted by atomic mass is 16.2. The Balaban J connectivity index is 1.82. The van der Waals surface area contributed by atoms with Gasteiger partial charge in [-0.15, -0.1) is 0 Å². The Kier molecular flexibility index (Phi) is 6.70. The van der Waals surface area contributed by atoms with Crippen molar-refractivity contribution in [2.24, 2.45) is 11.3 Å². The zero-order valence-electron chi connectivity index (χ0n) is 16.1. The maximum Gasteiger partial charge on any atom is 0.226 e. The molecule has 0 aromatic heterocycles. The number of nitrogens with zero attached hydrogens (tertiary/aromatic N) is 1. The molecule has 2 aliphatic rings. The molecule has 0 atom stereocenters. The fourth-order valence-electron chi connectivity index (χ4n) is 4.29. The lowest BCUT2D eigenvalue weighted by molar-refractivity contribution is -0.136. The highest BCUT2D eigenvalue weighted by Gasteiger charge is 2.35. The van der Waals surface area contributed by atoms with E-state index in [1.807, 2.05) is 25.8 Å². The Hall–Kier alpha value is -1.06. The molecule has 2 rings (SSSR count). The van der Waals surface area contributed by atoms with Gasteiger partial charge in [0, 0.05) is 30.5 Å². The number of hydrogen-bond donors (Lipinski definition) is 1. The number of amides is 2. The minimum Gasteiger partial charge on any atom is -0.353 e. The van der Waals surface area contributed by atoms with Crippen LogP contribution in [0.2, 0.25) is 0 Å². The van der Waals surface area contributed by atoms with Gasteiger partial charge < -0.3 is 10.2 Å². The Labute approximate surface area is 147 Å². The van der Waals surface area contributed by atoms with Gasteiger partial charge in [0.15, 0.2) is 0 Å². The third-order valence-electron chi connectivity index (χ3n) is 6.18. The van der Waals surface area contributed by atoms with E-state index < -0.39 is 0 Å². The predicted octanol–water partition coefficient (Wildman–Crippen LogP) is 3.89. The van der Waals surface area contributed by atoms with E-state index in [9.17, 15) is 9.59 Å². The van der Waals surface area contributed by atoms with Crippen molar-refractivity contribution < 1.29 is 9.59 Å². The lowest BCUT2D eigenvalue weighted by Gasteiger charge is -2.37. The summed E-state index contributed by atoms with van der Waals surface area (Å²) < 4.78 is 0. The van der Waals surface area contributed by atoms with Gasteiger partial charge >= 0.3 is 0 Å². The molecule has 0 aromatic rings. The van der Waals surface area contributed by atoms with Crippen molar-refractivity contribution in [3.8, 4) is 0 Å². The molecule has 0 saturated heterocycles. The molecule has 24 heavy (non-hydrogen) atoms. The first-order valence-electron chi connectivity index (χ1n) is 9.91. The van der Waals surface area contributed by atoms with Crippen molar-refractivity contribution in [2.75, 3.05) is 7.05 Å². The summed E-state index contributed by atoms with van der Waals surface area (Å²) in [5.41, 5.74) is -0.169. The Morgan fingerprint density at radius 3 is 2.04 bits per heavy atom. The van der Waals surface area contributed by atoms with E-state index in [0.717, 1.165) is 38.5 Å². The molecule has 4 nitrogen and oxygen atoms in total. The van der Waals surface area contributed by atoms with Crippen molar-refractivity contribution in [1.82, 2.24) is 10.2 Å². The lowest BCUT2D eigenvalue weighted by Crippen LogP contribution is -2.48. The minimum absolute atomic E-state index is 0.0580. The van der Waals surface area contributed by atoms with Gasteiger partial charge in [-0.1, -0.05) is 46.5 Å². The summed E-state index contributed by atoms with van der Waals surface area (Å²) in [7, 11) is 1.93. The monoisotopic (exact) mass is 336 g/mol. The van der Waals surface area contributed by atoms with Crippen LogP contribution in [0.4, 0.5) is 0 Å². The van der Waals surface area contributed by atoms with Crippen LogP contribution in [0.3, 0.4) is 0 Å². The van der Waals surface area contributed by atoms with Gasteiger partial charge in [-0.05, 0) is 38.5 Å². The van der Waals surface area contributed by atoms with Crippen LogP contribution in [0.25, 0.3) is 0 Å². The molecule has 2 saturated carbocycles. The van der Waals surface area contributed by atoms with E-state index >= 15 is 0 Å². The van der Waals surface area contributed by atoms with Crippen LogP contribution in [0.1, 0.15) is 85.0 Å². The Bertz CT molecular complexity index is 431. The van der Waals surface area contributed by atoms with Gasteiger partial charge in [0.2, 0.25) is 11.8 Å². The molecule has 0 aromatic carbocycles. The molecule has 2 amide bonds. The molecular formula is C20H36N2O2. The quantitative estimate of drug-likeness (QED) is 0.792. The summed E-state index contributed by atoms with van der Waals surface area (Å²) in [6, 6.07) is 0.623. The molecule has 0 bridgehead atoms. The third-order valence-corrected chi connectivity index (χ3v) is 6.18. The van der Waals surface area contributed by atoms with E-state index in [2.05, 4.69) is 12.2 Å². The van der Waals surface area contributed by atoms with Crippen molar-refractivity contribution in [2.45, 2.75) is 97.1 Å². The standard InChI is InChI=1S/C20H36N2O2/c1-15(2)18(23)22(4)17-11-9-16(10-12-17)21-19(24)20(3)13-7-5-6-8-14-20/h15-17H,5-14H2,1-4H3,(H,21,24). The first-order valence-corrected chi connectivity index (χ1v) is 9.91.